The van der Waals surface area contributed by atoms with Crippen LogP contribution < -0.4 is 0 Å². The van der Waals surface area contributed by atoms with Gasteiger partial charge in [0.1, 0.15) is 0 Å². The third-order valence-corrected chi connectivity index (χ3v) is 3.65. The van der Waals surface area contributed by atoms with Crippen molar-refractivity contribution in [2.45, 2.75) is 97.3 Å². The summed E-state index contributed by atoms with van der Waals surface area (Å²) in [4.78, 5) is 11.4. The summed E-state index contributed by atoms with van der Waals surface area (Å²) in [7, 11) is 0. The van der Waals surface area contributed by atoms with Crippen molar-refractivity contribution in [3.8, 4) is 0 Å². The molecule has 124 valence electrons. The molecule has 2 heteroatoms. The van der Waals surface area contributed by atoms with Crippen molar-refractivity contribution in [3.05, 3.63) is 12.2 Å². The number of allylic oxidation sites excluding steroid dienone is 2. The van der Waals surface area contributed by atoms with Gasteiger partial charge in [-0.15, -0.1) is 0 Å². The van der Waals surface area contributed by atoms with Crippen LogP contribution in [-0.2, 0) is 9.53 Å². The number of esters is 1. The molecule has 0 rings (SSSR count). The summed E-state index contributed by atoms with van der Waals surface area (Å²) in [5.41, 5.74) is 0. The smallest absolute Gasteiger partial charge is 0.305 e. The highest BCUT2D eigenvalue weighted by Gasteiger charge is 2.01. The van der Waals surface area contributed by atoms with Gasteiger partial charge in [0.15, 0.2) is 0 Å². The van der Waals surface area contributed by atoms with Crippen LogP contribution in [0.1, 0.15) is 97.3 Å². The third kappa shape index (κ3) is 17.2. The van der Waals surface area contributed by atoms with E-state index in [0.717, 1.165) is 25.7 Å². The van der Waals surface area contributed by atoms with Crippen LogP contribution in [0.15, 0.2) is 12.2 Å². The zero-order valence-electron chi connectivity index (χ0n) is 14.4. The molecular formula is C19H36O2. The van der Waals surface area contributed by atoms with Crippen LogP contribution in [0, 0.1) is 0 Å². The Kier molecular flexibility index (Phi) is 16.6. The van der Waals surface area contributed by atoms with Crippen molar-refractivity contribution in [2.75, 3.05) is 6.61 Å². The average molecular weight is 296 g/mol. The van der Waals surface area contributed by atoms with Gasteiger partial charge in [0.2, 0.25) is 0 Å². The second-order valence-corrected chi connectivity index (χ2v) is 5.85. The van der Waals surface area contributed by atoms with E-state index in [1.807, 2.05) is 0 Å². The van der Waals surface area contributed by atoms with E-state index in [1.165, 1.54) is 51.4 Å². The minimum absolute atomic E-state index is 0.0121. The Labute approximate surface area is 132 Å². The molecule has 0 saturated carbocycles. The van der Waals surface area contributed by atoms with E-state index in [1.54, 1.807) is 0 Å². The number of hydrogen-bond donors (Lipinski definition) is 0. The quantitative estimate of drug-likeness (QED) is 0.204. The van der Waals surface area contributed by atoms with Crippen LogP contribution in [0.25, 0.3) is 0 Å². The molecule has 0 aliphatic carbocycles. The first-order valence-electron chi connectivity index (χ1n) is 9.11. The summed E-state index contributed by atoms with van der Waals surface area (Å²) >= 11 is 0. The highest BCUT2D eigenvalue weighted by molar-refractivity contribution is 5.69. The lowest BCUT2D eigenvalue weighted by Crippen LogP contribution is -2.05. The Morgan fingerprint density at radius 3 is 2.00 bits per heavy atom. The molecule has 0 saturated heterocycles. The molecule has 0 aromatic rings. The van der Waals surface area contributed by atoms with Crippen LogP contribution in [-0.4, -0.2) is 12.6 Å². The van der Waals surface area contributed by atoms with Crippen LogP contribution in [0.4, 0.5) is 0 Å². The van der Waals surface area contributed by atoms with Crippen molar-refractivity contribution < 1.29 is 9.53 Å². The molecule has 0 spiro atoms. The molecule has 2 nitrogen and oxygen atoms in total. The first kappa shape index (κ1) is 20.2. The maximum atomic E-state index is 11.4. The van der Waals surface area contributed by atoms with Crippen LogP contribution in [0.3, 0.4) is 0 Å². The van der Waals surface area contributed by atoms with Crippen molar-refractivity contribution in [1.29, 1.82) is 0 Å². The van der Waals surface area contributed by atoms with Gasteiger partial charge in [0.25, 0.3) is 0 Å². The summed E-state index contributed by atoms with van der Waals surface area (Å²) < 4.78 is 5.19. The standard InChI is InChI=1S/C19H36O2/c1-3-5-7-8-9-10-11-12-13-14-15-17-19(20)21-18-16-6-4-2/h9-10H,3-8,11-18H2,1-2H3/b10-9+. The van der Waals surface area contributed by atoms with Gasteiger partial charge in [-0.25, -0.2) is 0 Å². The second-order valence-electron chi connectivity index (χ2n) is 5.85. The Bertz CT molecular complexity index is 246. The highest BCUT2D eigenvalue weighted by atomic mass is 16.5. The van der Waals surface area contributed by atoms with Gasteiger partial charge in [-0.1, -0.05) is 64.5 Å². The zero-order valence-corrected chi connectivity index (χ0v) is 14.4. The first-order valence-corrected chi connectivity index (χ1v) is 9.11. The van der Waals surface area contributed by atoms with E-state index in [-0.39, 0.29) is 5.97 Å². The van der Waals surface area contributed by atoms with Crippen LogP contribution in [0.5, 0.6) is 0 Å². The molecule has 0 amide bonds. The third-order valence-electron chi connectivity index (χ3n) is 3.65. The van der Waals surface area contributed by atoms with Gasteiger partial charge >= 0.3 is 5.97 Å². The molecule has 0 heterocycles. The Hall–Kier alpha value is -0.790. The molecule has 21 heavy (non-hydrogen) atoms. The fourth-order valence-corrected chi connectivity index (χ4v) is 2.24. The molecule has 0 bridgehead atoms. The summed E-state index contributed by atoms with van der Waals surface area (Å²) in [5.74, 6) is -0.0121. The van der Waals surface area contributed by atoms with E-state index < -0.39 is 0 Å². The van der Waals surface area contributed by atoms with Gasteiger partial charge in [-0.05, 0) is 38.5 Å². The summed E-state index contributed by atoms with van der Waals surface area (Å²) in [6.45, 7) is 5.00. The van der Waals surface area contributed by atoms with Gasteiger partial charge in [-0.2, -0.15) is 0 Å². The largest absolute Gasteiger partial charge is 0.466 e. The summed E-state index contributed by atoms with van der Waals surface area (Å²) in [6, 6.07) is 0. The predicted octanol–water partition coefficient (Wildman–Crippen LogP) is 6.20. The normalized spacial score (nSPS) is 11.1. The van der Waals surface area contributed by atoms with Crippen LogP contribution >= 0.6 is 0 Å². The summed E-state index contributed by atoms with van der Waals surface area (Å²) in [6.07, 6.45) is 19.6. The molecule has 0 fully saturated rings. The van der Waals surface area contributed by atoms with E-state index >= 15 is 0 Å². The van der Waals surface area contributed by atoms with Crippen molar-refractivity contribution in [2.24, 2.45) is 0 Å². The monoisotopic (exact) mass is 296 g/mol. The topological polar surface area (TPSA) is 26.3 Å². The molecule has 0 unspecified atom stereocenters. The van der Waals surface area contributed by atoms with E-state index in [2.05, 4.69) is 26.0 Å². The maximum absolute atomic E-state index is 11.4. The number of rotatable bonds is 15. The van der Waals surface area contributed by atoms with Gasteiger partial charge in [-0.3, -0.25) is 4.79 Å². The lowest BCUT2D eigenvalue weighted by Gasteiger charge is -2.04. The average Bonchev–Trinajstić information content (AvgIpc) is 2.49. The van der Waals surface area contributed by atoms with Gasteiger partial charge in [0.05, 0.1) is 6.61 Å². The Morgan fingerprint density at radius 1 is 0.762 bits per heavy atom. The Morgan fingerprint density at radius 2 is 1.33 bits per heavy atom. The number of unbranched alkanes of at least 4 members (excludes halogenated alkanes) is 9. The van der Waals surface area contributed by atoms with Crippen LogP contribution in [0.2, 0.25) is 0 Å². The lowest BCUT2D eigenvalue weighted by atomic mass is 10.1. The minimum atomic E-state index is -0.0121. The molecule has 0 aliphatic heterocycles. The second kappa shape index (κ2) is 17.3. The lowest BCUT2D eigenvalue weighted by molar-refractivity contribution is -0.143. The zero-order chi connectivity index (χ0) is 15.6. The molecule has 0 N–H and O–H groups in total. The predicted molar refractivity (Wildman–Crippen MR) is 91.5 cm³/mol. The number of carbonyl (C=O) groups is 1. The SMILES string of the molecule is CCCCC/C=C/CCCCCCC(=O)OCCCCC. The first-order chi connectivity index (χ1) is 10.3. The van der Waals surface area contributed by atoms with Gasteiger partial charge < -0.3 is 4.74 Å². The molecule has 0 radical (unpaired) electrons. The molecule has 0 atom stereocenters. The number of ether oxygens (including phenoxy) is 1. The maximum Gasteiger partial charge on any atom is 0.305 e. The Balaban J connectivity index is 3.19. The van der Waals surface area contributed by atoms with Crippen molar-refractivity contribution in [3.63, 3.8) is 0 Å². The fourth-order valence-electron chi connectivity index (χ4n) is 2.24. The van der Waals surface area contributed by atoms with Crippen molar-refractivity contribution >= 4 is 5.97 Å². The molecular weight excluding hydrogens is 260 g/mol. The van der Waals surface area contributed by atoms with E-state index in [9.17, 15) is 4.79 Å². The molecule has 0 aromatic carbocycles. The number of carbonyl (C=O) groups excluding carboxylic acids is 1. The fraction of sp³-hybridized carbons (Fsp3) is 0.842. The minimum Gasteiger partial charge on any atom is -0.466 e. The van der Waals surface area contributed by atoms with E-state index in [4.69, 9.17) is 4.74 Å². The highest BCUT2D eigenvalue weighted by Crippen LogP contribution is 2.08. The molecule has 0 aromatic heterocycles. The molecule has 0 aliphatic rings. The van der Waals surface area contributed by atoms with Crippen molar-refractivity contribution in [1.82, 2.24) is 0 Å². The summed E-state index contributed by atoms with van der Waals surface area (Å²) in [5, 5.41) is 0. The van der Waals surface area contributed by atoms with Gasteiger partial charge in [0, 0.05) is 6.42 Å². The number of hydrogen-bond acceptors (Lipinski definition) is 2. The van der Waals surface area contributed by atoms with E-state index in [0.29, 0.717) is 13.0 Å².